The van der Waals surface area contributed by atoms with Crippen LogP contribution in [0, 0.1) is 0 Å². The Labute approximate surface area is 141 Å². The molecule has 0 amide bonds. The number of carboxylic acids is 1. The van der Waals surface area contributed by atoms with Crippen molar-refractivity contribution in [3.8, 4) is 0 Å². The highest BCUT2D eigenvalue weighted by Gasteiger charge is 1.97. The third-order valence-corrected chi connectivity index (χ3v) is 4.19. The van der Waals surface area contributed by atoms with Crippen LogP contribution in [-0.2, 0) is 11.2 Å². The van der Waals surface area contributed by atoms with Crippen molar-refractivity contribution in [2.75, 3.05) is 0 Å². The minimum Gasteiger partial charge on any atom is -0.478 e. The van der Waals surface area contributed by atoms with Gasteiger partial charge in [0.25, 0.3) is 0 Å². The van der Waals surface area contributed by atoms with Crippen LogP contribution in [0.2, 0.25) is 0 Å². The van der Waals surface area contributed by atoms with E-state index in [1.54, 1.807) is 6.08 Å². The van der Waals surface area contributed by atoms with Crippen LogP contribution in [0.5, 0.6) is 0 Å². The Balaban J connectivity index is 2.09. The first-order chi connectivity index (χ1) is 11.2. The number of carbonyl (C=O) groups is 1. The molecule has 128 valence electrons. The largest absolute Gasteiger partial charge is 0.478 e. The van der Waals surface area contributed by atoms with Crippen molar-refractivity contribution in [3.63, 3.8) is 0 Å². The Morgan fingerprint density at radius 3 is 2.17 bits per heavy atom. The van der Waals surface area contributed by atoms with Crippen LogP contribution in [0.1, 0.15) is 82.3 Å². The molecule has 0 saturated carbocycles. The number of carboxylic acid groups (broad SMARTS) is 1. The van der Waals surface area contributed by atoms with E-state index in [1.807, 2.05) is 12.1 Å². The summed E-state index contributed by atoms with van der Waals surface area (Å²) in [4.78, 5) is 10.5. The molecule has 1 rings (SSSR count). The minimum atomic E-state index is -0.898. The highest BCUT2D eigenvalue weighted by Crippen LogP contribution is 2.14. The molecule has 23 heavy (non-hydrogen) atoms. The maximum Gasteiger partial charge on any atom is 0.328 e. The highest BCUT2D eigenvalue weighted by molar-refractivity contribution is 5.85. The molecule has 2 heteroatoms. The Hall–Kier alpha value is -1.57. The molecule has 0 aliphatic carbocycles. The first-order valence-corrected chi connectivity index (χ1v) is 9.22. The summed E-state index contributed by atoms with van der Waals surface area (Å²) in [7, 11) is 0. The number of aryl methyl sites for hydroxylation is 1. The summed E-state index contributed by atoms with van der Waals surface area (Å²) >= 11 is 0. The summed E-state index contributed by atoms with van der Waals surface area (Å²) in [5, 5.41) is 8.66. The van der Waals surface area contributed by atoms with E-state index >= 15 is 0 Å². The minimum absolute atomic E-state index is 0.898. The van der Waals surface area contributed by atoms with Crippen LogP contribution in [0.15, 0.2) is 30.3 Å². The average Bonchev–Trinajstić information content (AvgIpc) is 2.55. The van der Waals surface area contributed by atoms with Crippen molar-refractivity contribution in [2.24, 2.45) is 0 Å². The zero-order valence-corrected chi connectivity index (χ0v) is 14.6. The van der Waals surface area contributed by atoms with E-state index in [0.717, 1.165) is 12.0 Å². The second-order valence-electron chi connectivity index (χ2n) is 6.35. The zero-order chi connectivity index (χ0) is 16.8. The molecule has 0 unspecified atom stereocenters. The van der Waals surface area contributed by atoms with Crippen molar-refractivity contribution in [3.05, 3.63) is 41.5 Å². The standard InChI is InChI=1S/C21H32O2/c1-2-3-4-5-6-7-8-9-10-11-13-19-14-12-15-20(18-19)16-17-21(22)23/h12,14-18H,2-11,13H2,1H3,(H,22,23). The first kappa shape index (κ1) is 19.5. The molecule has 1 N–H and O–H groups in total. The maximum absolute atomic E-state index is 10.5. The van der Waals surface area contributed by atoms with Crippen LogP contribution >= 0.6 is 0 Å². The van der Waals surface area contributed by atoms with E-state index in [9.17, 15) is 4.79 Å². The normalized spacial score (nSPS) is 11.2. The lowest BCUT2D eigenvalue weighted by Crippen LogP contribution is -1.89. The van der Waals surface area contributed by atoms with Gasteiger partial charge in [0.2, 0.25) is 0 Å². The van der Waals surface area contributed by atoms with E-state index in [-0.39, 0.29) is 0 Å². The summed E-state index contributed by atoms with van der Waals surface area (Å²) < 4.78 is 0. The van der Waals surface area contributed by atoms with Crippen LogP contribution in [0.4, 0.5) is 0 Å². The fourth-order valence-electron chi connectivity index (χ4n) is 2.84. The summed E-state index contributed by atoms with van der Waals surface area (Å²) in [6.07, 6.45) is 17.5. The van der Waals surface area contributed by atoms with Crippen molar-refractivity contribution in [1.82, 2.24) is 0 Å². The molecule has 1 aromatic rings. The molecule has 0 fully saturated rings. The van der Waals surface area contributed by atoms with Crippen molar-refractivity contribution >= 4 is 12.0 Å². The van der Waals surface area contributed by atoms with Gasteiger partial charge in [0, 0.05) is 6.08 Å². The number of hydrogen-bond donors (Lipinski definition) is 1. The number of rotatable bonds is 13. The monoisotopic (exact) mass is 316 g/mol. The number of hydrogen-bond acceptors (Lipinski definition) is 1. The molecule has 0 aliphatic heterocycles. The van der Waals surface area contributed by atoms with Crippen molar-refractivity contribution in [2.45, 2.75) is 77.6 Å². The van der Waals surface area contributed by atoms with Gasteiger partial charge in [0.05, 0.1) is 0 Å². The Kier molecular flexibility index (Phi) is 10.9. The Morgan fingerprint density at radius 1 is 0.957 bits per heavy atom. The topological polar surface area (TPSA) is 37.3 Å². The van der Waals surface area contributed by atoms with Crippen LogP contribution < -0.4 is 0 Å². The van der Waals surface area contributed by atoms with Crippen molar-refractivity contribution < 1.29 is 9.90 Å². The molecule has 0 bridgehead atoms. The number of aliphatic carboxylic acids is 1. The molecule has 0 spiro atoms. The lowest BCUT2D eigenvalue weighted by Gasteiger charge is -2.04. The summed E-state index contributed by atoms with van der Waals surface area (Å²) in [6.45, 7) is 2.26. The zero-order valence-electron chi connectivity index (χ0n) is 14.6. The van der Waals surface area contributed by atoms with Gasteiger partial charge in [0.15, 0.2) is 0 Å². The summed E-state index contributed by atoms with van der Waals surface area (Å²) in [5.74, 6) is -0.898. The predicted octanol–water partition coefficient (Wildman–Crippen LogP) is 6.25. The molecule has 0 aliphatic rings. The molecular formula is C21H32O2. The van der Waals surface area contributed by atoms with E-state index in [0.29, 0.717) is 0 Å². The van der Waals surface area contributed by atoms with Crippen LogP contribution in [0.3, 0.4) is 0 Å². The van der Waals surface area contributed by atoms with Crippen molar-refractivity contribution in [1.29, 1.82) is 0 Å². The van der Waals surface area contributed by atoms with Gasteiger partial charge in [-0.25, -0.2) is 4.79 Å². The maximum atomic E-state index is 10.5. The average molecular weight is 316 g/mol. The van der Waals surface area contributed by atoms with Crippen LogP contribution in [-0.4, -0.2) is 11.1 Å². The number of benzene rings is 1. The first-order valence-electron chi connectivity index (χ1n) is 9.22. The third-order valence-electron chi connectivity index (χ3n) is 4.19. The SMILES string of the molecule is CCCCCCCCCCCCc1cccc(C=CC(=O)O)c1. The molecule has 0 radical (unpaired) electrons. The van der Waals surface area contributed by atoms with Gasteiger partial charge >= 0.3 is 5.97 Å². The second kappa shape index (κ2) is 12.9. The van der Waals surface area contributed by atoms with Gasteiger partial charge in [-0.1, -0.05) is 89.0 Å². The predicted molar refractivity (Wildman–Crippen MR) is 98.7 cm³/mol. The van der Waals surface area contributed by atoms with Gasteiger partial charge in [0.1, 0.15) is 0 Å². The van der Waals surface area contributed by atoms with Gasteiger partial charge in [-0.3, -0.25) is 0 Å². The summed E-state index contributed by atoms with van der Waals surface area (Å²) in [5.41, 5.74) is 2.27. The van der Waals surface area contributed by atoms with E-state index < -0.39 is 5.97 Å². The smallest absolute Gasteiger partial charge is 0.328 e. The molecule has 1 aromatic carbocycles. The fraction of sp³-hybridized carbons (Fsp3) is 0.571. The van der Waals surface area contributed by atoms with E-state index in [2.05, 4.69) is 19.1 Å². The lowest BCUT2D eigenvalue weighted by atomic mass is 10.0. The van der Waals surface area contributed by atoms with Gasteiger partial charge in [-0.15, -0.1) is 0 Å². The third kappa shape index (κ3) is 10.7. The lowest BCUT2D eigenvalue weighted by molar-refractivity contribution is -0.131. The summed E-state index contributed by atoms with van der Waals surface area (Å²) in [6, 6.07) is 8.17. The van der Waals surface area contributed by atoms with E-state index in [1.165, 1.54) is 75.8 Å². The van der Waals surface area contributed by atoms with Gasteiger partial charge in [-0.05, 0) is 30.0 Å². The Morgan fingerprint density at radius 2 is 1.57 bits per heavy atom. The molecule has 0 atom stereocenters. The van der Waals surface area contributed by atoms with E-state index in [4.69, 9.17) is 5.11 Å². The molecule has 2 nitrogen and oxygen atoms in total. The van der Waals surface area contributed by atoms with Gasteiger partial charge in [-0.2, -0.15) is 0 Å². The molecule has 0 aromatic heterocycles. The molecular weight excluding hydrogens is 284 g/mol. The quantitative estimate of drug-likeness (QED) is 0.345. The second-order valence-corrected chi connectivity index (χ2v) is 6.35. The van der Waals surface area contributed by atoms with Crippen LogP contribution in [0.25, 0.3) is 6.08 Å². The fourth-order valence-corrected chi connectivity index (χ4v) is 2.84. The Bertz CT molecular complexity index is 463. The molecule has 0 heterocycles. The van der Waals surface area contributed by atoms with Gasteiger partial charge < -0.3 is 5.11 Å². The molecule has 0 saturated heterocycles. The highest BCUT2D eigenvalue weighted by atomic mass is 16.4. The number of unbranched alkanes of at least 4 members (excludes halogenated alkanes) is 9.